The van der Waals surface area contributed by atoms with Gasteiger partial charge in [0.1, 0.15) is 0 Å². The Labute approximate surface area is 518 Å². The summed E-state index contributed by atoms with van der Waals surface area (Å²) in [5, 5.41) is 28.4. The van der Waals surface area contributed by atoms with Crippen LogP contribution >= 0.6 is 23.2 Å². The highest BCUT2D eigenvalue weighted by molar-refractivity contribution is 6.33. The van der Waals surface area contributed by atoms with Crippen LogP contribution in [0.2, 0.25) is 10.0 Å². The molecular formula is C64H82Cl2N14O7. The third kappa shape index (κ3) is 18.1. The van der Waals surface area contributed by atoms with Gasteiger partial charge in [0, 0.05) is 146 Å². The zero-order valence-corrected chi connectivity index (χ0v) is 50.9. The molecule has 0 radical (unpaired) electrons. The molecule has 6 aromatic rings. The van der Waals surface area contributed by atoms with Crippen LogP contribution in [0.3, 0.4) is 0 Å². The van der Waals surface area contributed by atoms with Crippen molar-refractivity contribution in [2.45, 2.75) is 101 Å². The van der Waals surface area contributed by atoms with E-state index in [2.05, 4.69) is 62.4 Å². The van der Waals surface area contributed by atoms with Crippen LogP contribution < -0.4 is 26.6 Å². The summed E-state index contributed by atoms with van der Waals surface area (Å²) in [7, 11) is 0. The van der Waals surface area contributed by atoms with Gasteiger partial charge in [-0.3, -0.25) is 24.2 Å². The maximum absolute atomic E-state index is 13.2. The second kappa shape index (κ2) is 31.8. The number of likely N-dealkylation sites (tertiary alicyclic amines) is 1. The van der Waals surface area contributed by atoms with E-state index in [1.54, 1.807) is 24.5 Å². The lowest BCUT2D eigenvalue weighted by Gasteiger charge is -2.34. The van der Waals surface area contributed by atoms with Gasteiger partial charge in [-0.2, -0.15) is 0 Å². The second-order valence-corrected chi connectivity index (χ2v) is 24.1. The van der Waals surface area contributed by atoms with Gasteiger partial charge >= 0.3 is 5.97 Å². The summed E-state index contributed by atoms with van der Waals surface area (Å²) in [5.41, 5.74) is 5.39. The van der Waals surface area contributed by atoms with Crippen LogP contribution in [-0.4, -0.2) is 189 Å². The van der Waals surface area contributed by atoms with Crippen LogP contribution in [0, 0.1) is 11.8 Å². The quantitative estimate of drug-likeness (QED) is 0.0424. The first-order valence-electron chi connectivity index (χ1n) is 31.0. The number of amides is 3. The molecule has 87 heavy (non-hydrogen) atoms. The third-order valence-corrected chi connectivity index (χ3v) is 17.8. The number of H-pyrrole nitrogens is 2. The Balaban J connectivity index is 0.000000166. The number of carboxylic acids is 1. The molecule has 0 spiro atoms. The largest absolute Gasteiger partial charge is 0.478 e. The van der Waals surface area contributed by atoms with Gasteiger partial charge < -0.3 is 56.0 Å². The van der Waals surface area contributed by atoms with Crippen molar-refractivity contribution in [3.05, 3.63) is 108 Å². The van der Waals surface area contributed by atoms with E-state index in [9.17, 15) is 19.2 Å². The lowest BCUT2D eigenvalue weighted by molar-refractivity contribution is -0.132. The minimum absolute atomic E-state index is 0.0329. The van der Waals surface area contributed by atoms with Gasteiger partial charge in [0.15, 0.2) is 0 Å². The Kier molecular flexibility index (Phi) is 23.0. The molecule has 464 valence electrons. The molecule has 8 heterocycles. The summed E-state index contributed by atoms with van der Waals surface area (Å²) >= 11 is 13.0. The number of nitrogens with one attached hydrogen (secondary N) is 7. The Bertz CT molecular complexity index is 3300. The summed E-state index contributed by atoms with van der Waals surface area (Å²) in [6.45, 7) is 11.1. The fourth-order valence-electron chi connectivity index (χ4n) is 12.4. The van der Waals surface area contributed by atoms with E-state index in [0.717, 1.165) is 169 Å². The zero-order valence-electron chi connectivity index (χ0n) is 49.4. The number of aliphatic carboxylic acids is 1. The molecule has 0 bridgehead atoms. The lowest BCUT2D eigenvalue weighted by atomic mass is 9.89. The second-order valence-electron chi connectivity index (χ2n) is 23.3. The van der Waals surface area contributed by atoms with E-state index < -0.39 is 5.97 Å². The topological polar surface area (TPSA) is 260 Å². The number of nitrogens with zero attached hydrogens (tertiary/aromatic N) is 7. The molecule has 2 aromatic carbocycles. The first-order valence-corrected chi connectivity index (χ1v) is 31.7. The highest BCUT2D eigenvalue weighted by Crippen LogP contribution is 2.35. The monoisotopic (exact) mass is 1230 g/mol. The standard InChI is InChI=1S/C32H40ClN7O3.C24H29ClN6O.C8H13NO3/c33-27-21-35-32(38-30(27)26-20-34-28-8-2-1-7-25(26)28)37-24-6-3-5-23(19-24)36-31(42)22-10-13-40(14-11-22)29(41)9-4-12-39-15-17-43-18-16-39;25-20-14-28-24(31-22(20)19-13-27-21-7-2-1-6-18(19)21)30-17-5-3-4-16(12-17)29-23(32)15-8-10-26-11-9-15;10-8(11)2-1-3-9-4-6-12-7-5-9/h1-2,4,7-9,20-24,34H,3,5-6,10-19H2,(H,36,42)(H,35,37,38);1-2,6-7,13-17,26-27H,3-5,8-12H2,(H,29,32)(H,28,30,31);1-2H,3-7H2,(H,10,11)/b9-4+;;2-1+/t23-,24+;16-,17+;/m00./s1. The van der Waals surface area contributed by atoms with Crippen LogP contribution in [0.1, 0.15) is 77.0 Å². The van der Waals surface area contributed by atoms with E-state index in [4.69, 9.17) is 47.8 Å². The Hall–Kier alpha value is -6.98. The molecule has 4 aliphatic heterocycles. The van der Waals surface area contributed by atoms with Crippen molar-refractivity contribution in [3.63, 3.8) is 0 Å². The van der Waals surface area contributed by atoms with Gasteiger partial charge in [-0.1, -0.05) is 71.8 Å². The van der Waals surface area contributed by atoms with Crippen LogP contribution in [0.5, 0.6) is 0 Å². The Morgan fingerprint density at radius 3 is 1.52 bits per heavy atom. The molecular weight excluding hydrogens is 1150 g/mol. The molecule has 6 fully saturated rings. The molecule has 3 amide bonds. The van der Waals surface area contributed by atoms with E-state index in [0.29, 0.717) is 65.8 Å². The van der Waals surface area contributed by atoms with Crippen molar-refractivity contribution in [2.24, 2.45) is 11.8 Å². The number of ether oxygens (including phenoxy) is 2. The highest BCUT2D eigenvalue weighted by Gasteiger charge is 2.32. The smallest absolute Gasteiger partial charge is 0.328 e. The summed E-state index contributed by atoms with van der Waals surface area (Å²) in [6, 6.07) is 16.8. The molecule has 4 aromatic heterocycles. The van der Waals surface area contributed by atoms with E-state index in [1.165, 1.54) is 6.08 Å². The number of aromatic nitrogens is 6. The molecule has 6 aliphatic rings. The summed E-state index contributed by atoms with van der Waals surface area (Å²) < 4.78 is 10.5. The fraction of sp³-hybridized carbons (Fsp3) is 0.500. The van der Waals surface area contributed by atoms with Crippen molar-refractivity contribution in [1.29, 1.82) is 0 Å². The highest BCUT2D eigenvalue weighted by atomic mass is 35.5. The molecule has 12 rings (SSSR count). The number of halogens is 2. The number of benzene rings is 2. The lowest BCUT2D eigenvalue weighted by Crippen LogP contribution is -2.47. The SMILES string of the molecule is O=C(N[C@H]1CCC[C@@H](Nc2ncc(Cl)c(-c3c[nH]c4ccccc34)n2)C1)C1CCN(C(=O)/C=C/CN2CCOCC2)CC1.O=C(N[C@H]1CCC[C@@H](Nc2ncc(Cl)c(-c3c[nH]c4ccccc34)n2)C1)C1CCNCC1.O=C(O)/C=C/CN1CCOCC1. The van der Waals surface area contributed by atoms with Crippen molar-refractivity contribution >= 4 is 80.6 Å². The van der Waals surface area contributed by atoms with Crippen LogP contribution in [0.25, 0.3) is 44.3 Å². The number of carboxylic acid groups (broad SMARTS) is 1. The van der Waals surface area contributed by atoms with Crippen LogP contribution in [0.4, 0.5) is 11.9 Å². The minimum atomic E-state index is -0.886. The minimum Gasteiger partial charge on any atom is -0.478 e. The first kappa shape index (κ1) is 63.1. The number of morpholine rings is 2. The predicted octanol–water partition coefficient (Wildman–Crippen LogP) is 8.32. The van der Waals surface area contributed by atoms with E-state index in [1.807, 2.05) is 65.8 Å². The molecule has 4 atom stereocenters. The van der Waals surface area contributed by atoms with Crippen LogP contribution in [0.15, 0.2) is 97.6 Å². The zero-order chi connectivity index (χ0) is 60.3. The van der Waals surface area contributed by atoms with Gasteiger partial charge in [-0.15, -0.1) is 0 Å². The van der Waals surface area contributed by atoms with Gasteiger partial charge in [-0.05, 0) is 102 Å². The third-order valence-electron chi connectivity index (χ3n) is 17.2. The molecule has 2 aliphatic carbocycles. The first-order chi connectivity index (χ1) is 42.5. The Morgan fingerprint density at radius 1 is 0.586 bits per heavy atom. The number of para-hydroxylation sites is 2. The summed E-state index contributed by atoms with van der Waals surface area (Å²) in [6.07, 6.45) is 24.6. The van der Waals surface area contributed by atoms with Crippen LogP contribution in [-0.2, 0) is 28.7 Å². The Morgan fingerprint density at radius 2 is 1.03 bits per heavy atom. The van der Waals surface area contributed by atoms with Crippen molar-refractivity contribution < 1.29 is 33.8 Å². The predicted molar refractivity (Wildman–Crippen MR) is 340 cm³/mol. The molecule has 8 N–H and O–H groups in total. The molecule has 23 heteroatoms. The fourth-order valence-corrected chi connectivity index (χ4v) is 12.8. The number of carbonyl (C=O) groups is 4. The number of anilines is 2. The number of hydrogen-bond donors (Lipinski definition) is 8. The normalized spacial score (nSPS) is 21.8. The van der Waals surface area contributed by atoms with Crippen molar-refractivity contribution in [1.82, 2.24) is 60.6 Å². The van der Waals surface area contributed by atoms with Gasteiger partial charge in [-0.25, -0.2) is 24.7 Å². The number of aromatic amines is 2. The molecule has 21 nitrogen and oxygen atoms in total. The van der Waals surface area contributed by atoms with E-state index in [-0.39, 0.29) is 53.7 Å². The van der Waals surface area contributed by atoms with Gasteiger partial charge in [0.2, 0.25) is 29.6 Å². The number of piperidine rings is 2. The molecule has 0 unspecified atom stereocenters. The maximum Gasteiger partial charge on any atom is 0.328 e. The van der Waals surface area contributed by atoms with Crippen molar-refractivity contribution in [2.75, 3.05) is 103 Å². The number of rotatable bonds is 16. The summed E-state index contributed by atoms with van der Waals surface area (Å²) in [5.74, 6) is 0.652. The average Bonchev–Trinajstić information content (AvgIpc) is 4.34. The number of hydrogen-bond acceptors (Lipinski definition) is 15. The van der Waals surface area contributed by atoms with E-state index >= 15 is 0 Å². The molecule has 2 saturated carbocycles. The maximum atomic E-state index is 13.2. The van der Waals surface area contributed by atoms with Crippen molar-refractivity contribution in [3.8, 4) is 22.5 Å². The molecule has 4 saturated heterocycles. The number of fused-ring (bicyclic) bond motifs is 2. The average molecular weight is 1230 g/mol. The summed E-state index contributed by atoms with van der Waals surface area (Å²) in [4.78, 5) is 79.8. The number of carbonyl (C=O) groups excluding carboxylic acids is 3. The van der Waals surface area contributed by atoms with Gasteiger partial charge in [0.25, 0.3) is 0 Å². The van der Waals surface area contributed by atoms with Gasteiger partial charge in [0.05, 0.1) is 60.3 Å².